The molecule has 0 bridgehead atoms. The molecule has 2 aromatic rings. The molecule has 3 N–H and O–H groups in total. The number of carbonyl (C=O) groups excluding carboxylic acids is 1. The van der Waals surface area contributed by atoms with Crippen LogP contribution in [0.2, 0.25) is 0 Å². The van der Waals surface area contributed by atoms with Crippen molar-refractivity contribution in [1.29, 1.82) is 0 Å². The Hall–Kier alpha value is -2.44. The van der Waals surface area contributed by atoms with Gasteiger partial charge in [-0.1, -0.05) is 0 Å². The fourth-order valence-corrected chi connectivity index (χ4v) is 1.36. The van der Waals surface area contributed by atoms with Crippen molar-refractivity contribution in [3.63, 3.8) is 0 Å². The van der Waals surface area contributed by atoms with Gasteiger partial charge in [-0.15, -0.1) is 0 Å². The van der Waals surface area contributed by atoms with Gasteiger partial charge in [-0.05, 0) is 6.92 Å². The lowest BCUT2D eigenvalue weighted by atomic mass is 10.3. The molecule has 0 saturated carbocycles. The molecule has 7 nitrogen and oxygen atoms in total. The lowest BCUT2D eigenvalue weighted by Gasteiger charge is -2.02. The molecule has 0 radical (unpaired) electrons. The van der Waals surface area contributed by atoms with Gasteiger partial charge in [0, 0.05) is 13.2 Å². The number of anilines is 2. The van der Waals surface area contributed by atoms with Crippen molar-refractivity contribution in [2.75, 3.05) is 11.1 Å². The lowest BCUT2D eigenvalue weighted by molar-refractivity contribution is 0.102. The Morgan fingerprint density at radius 3 is 2.71 bits per heavy atom. The van der Waals surface area contributed by atoms with E-state index in [0.717, 1.165) is 5.69 Å². The Bertz CT molecular complexity index is 544. The molecular formula is C10H12N6O. The van der Waals surface area contributed by atoms with Gasteiger partial charge < -0.3 is 11.1 Å². The van der Waals surface area contributed by atoms with Gasteiger partial charge in [0.15, 0.2) is 0 Å². The molecule has 7 heteroatoms. The number of amides is 1. The van der Waals surface area contributed by atoms with Crippen LogP contribution in [0, 0.1) is 6.92 Å². The largest absolute Gasteiger partial charge is 0.382 e. The smallest absolute Gasteiger partial charge is 0.275 e. The Labute approximate surface area is 97.7 Å². The van der Waals surface area contributed by atoms with E-state index < -0.39 is 0 Å². The van der Waals surface area contributed by atoms with E-state index in [-0.39, 0.29) is 17.4 Å². The summed E-state index contributed by atoms with van der Waals surface area (Å²) >= 11 is 0. The van der Waals surface area contributed by atoms with Crippen molar-refractivity contribution in [2.45, 2.75) is 6.92 Å². The maximum atomic E-state index is 11.8. The molecule has 0 aliphatic rings. The van der Waals surface area contributed by atoms with Crippen molar-refractivity contribution < 1.29 is 4.79 Å². The summed E-state index contributed by atoms with van der Waals surface area (Å²) in [5, 5.41) is 6.82. The van der Waals surface area contributed by atoms with Crippen molar-refractivity contribution in [2.24, 2.45) is 7.05 Å². The second-order valence-corrected chi connectivity index (χ2v) is 3.58. The number of hydrogen-bond donors (Lipinski definition) is 2. The molecule has 2 rings (SSSR count). The van der Waals surface area contributed by atoms with E-state index in [0.29, 0.717) is 5.69 Å². The average molecular weight is 232 g/mol. The first-order valence-corrected chi connectivity index (χ1v) is 4.95. The summed E-state index contributed by atoms with van der Waals surface area (Å²) in [5.74, 6) is -0.0623. The van der Waals surface area contributed by atoms with Crippen LogP contribution in [0.15, 0.2) is 18.6 Å². The number of nitrogens with two attached hydrogens (primary N) is 1. The summed E-state index contributed by atoms with van der Waals surface area (Å²) < 4.78 is 1.62. The first kappa shape index (κ1) is 11.1. The highest BCUT2D eigenvalue weighted by molar-refractivity contribution is 6.02. The second kappa shape index (κ2) is 4.20. The van der Waals surface area contributed by atoms with Crippen LogP contribution in [0.5, 0.6) is 0 Å². The molecule has 17 heavy (non-hydrogen) atoms. The van der Waals surface area contributed by atoms with Gasteiger partial charge in [0.05, 0.1) is 23.8 Å². The molecule has 88 valence electrons. The number of nitrogens with one attached hydrogen (secondary N) is 1. The van der Waals surface area contributed by atoms with Crippen molar-refractivity contribution in [1.82, 2.24) is 19.7 Å². The van der Waals surface area contributed by atoms with Gasteiger partial charge in [0.2, 0.25) is 0 Å². The highest BCUT2D eigenvalue weighted by atomic mass is 16.1. The van der Waals surface area contributed by atoms with Crippen LogP contribution in [0.3, 0.4) is 0 Å². The first-order valence-electron chi connectivity index (χ1n) is 4.95. The fraction of sp³-hybridized carbons (Fsp3) is 0.200. The normalized spacial score (nSPS) is 10.2. The number of carbonyl (C=O) groups is 1. The van der Waals surface area contributed by atoms with Crippen molar-refractivity contribution in [3.05, 3.63) is 30.0 Å². The van der Waals surface area contributed by atoms with E-state index in [1.165, 1.54) is 12.4 Å². The summed E-state index contributed by atoms with van der Waals surface area (Å²) in [7, 11) is 1.78. The summed E-state index contributed by atoms with van der Waals surface area (Å²) in [6, 6.07) is 0. The van der Waals surface area contributed by atoms with E-state index in [4.69, 9.17) is 5.73 Å². The van der Waals surface area contributed by atoms with E-state index in [2.05, 4.69) is 20.4 Å². The van der Waals surface area contributed by atoms with E-state index in [9.17, 15) is 4.79 Å². The third-order valence-corrected chi connectivity index (χ3v) is 2.17. The van der Waals surface area contributed by atoms with Crippen molar-refractivity contribution >= 4 is 17.4 Å². The van der Waals surface area contributed by atoms with Crippen LogP contribution < -0.4 is 11.1 Å². The zero-order valence-electron chi connectivity index (χ0n) is 9.51. The third-order valence-electron chi connectivity index (χ3n) is 2.17. The predicted octanol–water partition coefficient (Wildman–Crippen LogP) is 0.353. The summed E-state index contributed by atoms with van der Waals surface area (Å²) in [4.78, 5) is 19.5. The van der Waals surface area contributed by atoms with E-state index >= 15 is 0 Å². The van der Waals surface area contributed by atoms with Gasteiger partial charge in [0.1, 0.15) is 11.5 Å². The highest BCUT2D eigenvalue weighted by Crippen LogP contribution is 2.12. The quantitative estimate of drug-likeness (QED) is 0.778. The Balaban J connectivity index is 2.17. The van der Waals surface area contributed by atoms with Gasteiger partial charge in [0.25, 0.3) is 5.91 Å². The number of hydrogen-bond acceptors (Lipinski definition) is 5. The Morgan fingerprint density at radius 2 is 2.18 bits per heavy atom. The van der Waals surface area contributed by atoms with Crippen LogP contribution in [0.4, 0.5) is 11.5 Å². The maximum absolute atomic E-state index is 11.8. The molecule has 0 atom stereocenters. The van der Waals surface area contributed by atoms with Crippen LogP contribution in [-0.4, -0.2) is 25.7 Å². The standard InChI is InChI=1S/C10H12N6O/c1-6-8(5-16(2)15-6)14-10(17)7-3-13-9(11)4-12-7/h3-5H,1-2H3,(H2,11,13)(H,14,17). The SMILES string of the molecule is Cc1nn(C)cc1NC(=O)c1cnc(N)cn1. The molecule has 2 aromatic heterocycles. The lowest BCUT2D eigenvalue weighted by Crippen LogP contribution is -2.14. The molecular weight excluding hydrogens is 220 g/mol. The fourth-order valence-electron chi connectivity index (χ4n) is 1.36. The molecule has 2 heterocycles. The topological polar surface area (TPSA) is 98.7 Å². The zero-order valence-corrected chi connectivity index (χ0v) is 9.51. The molecule has 0 fully saturated rings. The average Bonchev–Trinajstić information content (AvgIpc) is 2.58. The monoisotopic (exact) mass is 232 g/mol. The zero-order chi connectivity index (χ0) is 12.4. The summed E-state index contributed by atoms with van der Waals surface area (Å²) in [6.07, 6.45) is 4.39. The number of rotatable bonds is 2. The number of nitrogens with zero attached hydrogens (tertiary/aromatic N) is 4. The van der Waals surface area contributed by atoms with Crippen LogP contribution in [0.1, 0.15) is 16.2 Å². The molecule has 0 aromatic carbocycles. The second-order valence-electron chi connectivity index (χ2n) is 3.58. The number of aromatic nitrogens is 4. The molecule has 0 unspecified atom stereocenters. The number of nitrogen functional groups attached to an aromatic ring is 1. The summed E-state index contributed by atoms with van der Waals surface area (Å²) in [6.45, 7) is 1.81. The van der Waals surface area contributed by atoms with E-state index in [1.807, 2.05) is 6.92 Å². The first-order chi connectivity index (χ1) is 8.06. The van der Waals surface area contributed by atoms with Crippen LogP contribution >= 0.6 is 0 Å². The van der Waals surface area contributed by atoms with Gasteiger partial charge in [-0.25, -0.2) is 9.97 Å². The molecule has 0 aliphatic heterocycles. The minimum absolute atomic E-state index is 0.211. The van der Waals surface area contributed by atoms with Crippen LogP contribution in [0.25, 0.3) is 0 Å². The Morgan fingerprint density at radius 1 is 1.41 bits per heavy atom. The molecule has 0 aliphatic carbocycles. The van der Waals surface area contributed by atoms with Crippen molar-refractivity contribution in [3.8, 4) is 0 Å². The minimum Gasteiger partial charge on any atom is -0.382 e. The molecule has 0 saturated heterocycles. The highest BCUT2D eigenvalue weighted by Gasteiger charge is 2.11. The third kappa shape index (κ3) is 2.39. The van der Waals surface area contributed by atoms with Crippen LogP contribution in [-0.2, 0) is 7.05 Å². The van der Waals surface area contributed by atoms with Gasteiger partial charge in [-0.2, -0.15) is 5.10 Å². The van der Waals surface area contributed by atoms with E-state index in [1.54, 1.807) is 17.9 Å². The number of aryl methyl sites for hydroxylation is 2. The molecule has 0 spiro atoms. The maximum Gasteiger partial charge on any atom is 0.275 e. The summed E-state index contributed by atoms with van der Waals surface area (Å²) in [5.41, 5.74) is 6.99. The van der Waals surface area contributed by atoms with Gasteiger partial charge >= 0.3 is 0 Å². The Kier molecular flexibility index (Phi) is 2.73. The molecule has 1 amide bonds. The predicted molar refractivity (Wildman–Crippen MR) is 62.3 cm³/mol. The minimum atomic E-state index is -0.339. The van der Waals surface area contributed by atoms with Gasteiger partial charge in [-0.3, -0.25) is 9.48 Å².